The highest BCUT2D eigenvalue weighted by atomic mass is 32.1. The standard InChI is InChI=1S/C7H6N3O2S/c1-2-12-10-5(3-11)6-4-13-7(8)9-6/h2,4H,1H2,(H2,8,9). The molecule has 1 rings (SSSR count). The van der Waals surface area contributed by atoms with Crippen LogP contribution in [0.5, 0.6) is 0 Å². The largest absolute Gasteiger partial charge is 0.375 e. The Morgan fingerprint density at radius 2 is 2.69 bits per heavy atom. The van der Waals surface area contributed by atoms with E-state index in [2.05, 4.69) is 21.6 Å². The maximum absolute atomic E-state index is 10.4. The minimum atomic E-state index is -0.0344. The Labute approximate surface area is 78.5 Å². The average Bonchev–Trinajstić information content (AvgIpc) is 2.54. The van der Waals surface area contributed by atoms with E-state index in [9.17, 15) is 4.79 Å². The number of nitrogens with zero attached hydrogens (tertiary/aromatic N) is 2. The molecule has 0 aromatic carbocycles. The summed E-state index contributed by atoms with van der Waals surface area (Å²) in [5.74, 6) is 0. The van der Waals surface area contributed by atoms with Gasteiger partial charge >= 0.3 is 0 Å². The monoisotopic (exact) mass is 196 g/mol. The van der Waals surface area contributed by atoms with Crippen molar-refractivity contribution in [2.24, 2.45) is 5.16 Å². The number of thiazole rings is 1. The topological polar surface area (TPSA) is 77.6 Å². The lowest BCUT2D eigenvalue weighted by atomic mass is 10.3. The second-order valence-electron chi connectivity index (χ2n) is 1.89. The zero-order valence-corrected chi connectivity index (χ0v) is 7.37. The third-order valence-corrected chi connectivity index (χ3v) is 1.75. The quantitative estimate of drug-likeness (QED) is 0.437. The van der Waals surface area contributed by atoms with Crippen LogP contribution in [-0.4, -0.2) is 17.0 Å². The van der Waals surface area contributed by atoms with Crippen molar-refractivity contribution in [3.63, 3.8) is 0 Å². The first kappa shape index (κ1) is 9.40. The smallest absolute Gasteiger partial charge is 0.259 e. The Bertz CT molecular complexity index is 345. The average molecular weight is 196 g/mol. The summed E-state index contributed by atoms with van der Waals surface area (Å²) in [7, 11) is 0. The van der Waals surface area contributed by atoms with E-state index in [1.54, 1.807) is 11.7 Å². The molecule has 0 saturated carbocycles. The van der Waals surface area contributed by atoms with Crippen LogP contribution in [0.15, 0.2) is 23.4 Å². The fourth-order valence-corrected chi connectivity index (χ4v) is 1.15. The summed E-state index contributed by atoms with van der Waals surface area (Å²) in [4.78, 5) is 18.7. The summed E-state index contributed by atoms with van der Waals surface area (Å²) in [6.45, 7) is 3.26. The van der Waals surface area contributed by atoms with Gasteiger partial charge in [-0.25, -0.2) is 4.98 Å². The predicted molar refractivity (Wildman–Crippen MR) is 50.0 cm³/mol. The van der Waals surface area contributed by atoms with Crippen LogP contribution in [0.3, 0.4) is 0 Å². The van der Waals surface area contributed by atoms with E-state index in [-0.39, 0.29) is 5.71 Å². The molecule has 0 unspecified atom stereocenters. The molecule has 0 aliphatic rings. The number of oxime groups is 1. The number of hydrogen-bond acceptors (Lipinski definition) is 6. The van der Waals surface area contributed by atoms with Crippen molar-refractivity contribution in [2.75, 3.05) is 5.73 Å². The van der Waals surface area contributed by atoms with E-state index in [4.69, 9.17) is 5.73 Å². The molecule has 1 radical (unpaired) electrons. The molecule has 0 amide bonds. The first-order valence-corrected chi connectivity index (χ1v) is 4.10. The fraction of sp³-hybridized carbons (Fsp3) is 0. The van der Waals surface area contributed by atoms with E-state index in [1.165, 1.54) is 11.3 Å². The van der Waals surface area contributed by atoms with E-state index in [0.29, 0.717) is 10.8 Å². The van der Waals surface area contributed by atoms with Crippen molar-refractivity contribution in [1.29, 1.82) is 0 Å². The van der Waals surface area contributed by atoms with Crippen LogP contribution >= 0.6 is 11.3 Å². The van der Waals surface area contributed by atoms with Gasteiger partial charge in [0, 0.05) is 5.38 Å². The highest BCUT2D eigenvalue weighted by molar-refractivity contribution is 7.13. The van der Waals surface area contributed by atoms with Crippen molar-refractivity contribution in [2.45, 2.75) is 0 Å². The third kappa shape index (κ3) is 2.38. The van der Waals surface area contributed by atoms with Crippen molar-refractivity contribution < 1.29 is 9.63 Å². The molecular formula is C7H6N3O2S. The van der Waals surface area contributed by atoms with Gasteiger partial charge in [0.25, 0.3) is 6.29 Å². The highest BCUT2D eigenvalue weighted by Gasteiger charge is 2.07. The van der Waals surface area contributed by atoms with Crippen LogP contribution in [0, 0.1) is 0 Å². The maximum atomic E-state index is 10.4. The van der Waals surface area contributed by atoms with Gasteiger partial charge in [-0.1, -0.05) is 11.7 Å². The Morgan fingerprint density at radius 3 is 3.15 bits per heavy atom. The number of anilines is 1. The second-order valence-corrected chi connectivity index (χ2v) is 2.77. The van der Waals surface area contributed by atoms with E-state index in [0.717, 1.165) is 6.26 Å². The summed E-state index contributed by atoms with van der Waals surface area (Å²) >= 11 is 1.21. The van der Waals surface area contributed by atoms with E-state index < -0.39 is 0 Å². The van der Waals surface area contributed by atoms with Gasteiger partial charge in [0.2, 0.25) is 0 Å². The second kappa shape index (κ2) is 4.36. The molecule has 0 bridgehead atoms. The Balaban J connectivity index is 2.89. The van der Waals surface area contributed by atoms with Gasteiger partial charge in [0.05, 0.1) is 0 Å². The van der Waals surface area contributed by atoms with Crippen molar-refractivity contribution in [3.8, 4) is 0 Å². The highest BCUT2D eigenvalue weighted by Crippen LogP contribution is 2.11. The lowest BCUT2D eigenvalue weighted by Gasteiger charge is -1.90. The van der Waals surface area contributed by atoms with Crippen LogP contribution < -0.4 is 5.73 Å². The normalized spacial score (nSPS) is 10.9. The minimum Gasteiger partial charge on any atom is -0.375 e. The van der Waals surface area contributed by atoms with E-state index >= 15 is 0 Å². The van der Waals surface area contributed by atoms with Crippen molar-refractivity contribution in [1.82, 2.24) is 4.98 Å². The molecule has 67 valence electrons. The van der Waals surface area contributed by atoms with Gasteiger partial charge in [-0.2, -0.15) is 0 Å². The van der Waals surface area contributed by atoms with Crippen LogP contribution in [0.1, 0.15) is 5.69 Å². The summed E-state index contributed by atoms with van der Waals surface area (Å²) < 4.78 is 0. The molecule has 0 fully saturated rings. The Kier molecular flexibility index (Phi) is 3.15. The SMILES string of the molecule is C=CON=C([C]=O)c1csc(N)n1. The molecule has 1 aromatic heterocycles. The lowest BCUT2D eigenvalue weighted by molar-refractivity contribution is 0.270. The fourth-order valence-electron chi connectivity index (χ4n) is 0.604. The van der Waals surface area contributed by atoms with Crippen molar-refractivity contribution >= 4 is 28.5 Å². The number of nitrogen functional groups attached to an aromatic ring is 1. The maximum Gasteiger partial charge on any atom is 0.259 e. The van der Waals surface area contributed by atoms with Gasteiger partial charge in [-0.15, -0.1) is 11.3 Å². The molecule has 2 N–H and O–H groups in total. The van der Waals surface area contributed by atoms with Gasteiger partial charge < -0.3 is 10.6 Å². The van der Waals surface area contributed by atoms with Crippen LogP contribution in [0.4, 0.5) is 5.13 Å². The zero-order chi connectivity index (χ0) is 9.68. The molecule has 13 heavy (non-hydrogen) atoms. The summed E-state index contributed by atoms with van der Waals surface area (Å²) in [5, 5.41) is 5.35. The molecule has 0 aliphatic heterocycles. The summed E-state index contributed by atoms with van der Waals surface area (Å²) in [5.41, 5.74) is 5.67. The van der Waals surface area contributed by atoms with Gasteiger partial charge in [-0.05, 0) is 0 Å². The molecule has 5 nitrogen and oxygen atoms in total. The molecule has 0 atom stereocenters. The zero-order valence-electron chi connectivity index (χ0n) is 6.56. The minimum absolute atomic E-state index is 0.0344. The van der Waals surface area contributed by atoms with Gasteiger partial charge in [0.1, 0.15) is 12.0 Å². The molecule has 6 heteroatoms. The van der Waals surface area contributed by atoms with Crippen molar-refractivity contribution in [3.05, 3.63) is 23.9 Å². The van der Waals surface area contributed by atoms with Crippen LogP contribution in [-0.2, 0) is 9.63 Å². The Morgan fingerprint density at radius 1 is 1.92 bits per heavy atom. The first-order valence-electron chi connectivity index (χ1n) is 3.22. The first-order chi connectivity index (χ1) is 6.27. The Hall–Kier alpha value is -1.69. The van der Waals surface area contributed by atoms with Gasteiger partial charge in [0.15, 0.2) is 10.8 Å². The molecule has 0 aliphatic carbocycles. The number of rotatable bonds is 4. The molecule has 0 saturated heterocycles. The molecular weight excluding hydrogens is 190 g/mol. The third-order valence-electron chi connectivity index (χ3n) is 1.08. The molecule has 1 aromatic rings. The predicted octanol–water partition coefficient (Wildman–Crippen LogP) is 0.699. The lowest BCUT2D eigenvalue weighted by Crippen LogP contribution is -2.03. The molecule has 0 spiro atoms. The van der Waals surface area contributed by atoms with Crippen LogP contribution in [0.2, 0.25) is 0 Å². The number of hydrogen-bond donors (Lipinski definition) is 1. The summed E-state index contributed by atoms with van der Waals surface area (Å²) in [6.07, 6.45) is 2.67. The summed E-state index contributed by atoms with van der Waals surface area (Å²) in [6, 6.07) is 0. The van der Waals surface area contributed by atoms with Crippen LogP contribution in [0.25, 0.3) is 0 Å². The number of carbonyl (C=O) groups excluding carboxylic acids is 1. The number of nitrogens with two attached hydrogens (primary N) is 1. The molecule has 1 heterocycles. The van der Waals surface area contributed by atoms with Gasteiger partial charge in [-0.3, -0.25) is 4.79 Å². The van der Waals surface area contributed by atoms with E-state index in [1.807, 2.05) is 0 Å². The number of aromatic nitrogens is 1.